The van der Waals surface area contributed by atoms with Gasteiger partial charge in [0.1, 0.15) is 30.5 Å². The normalized spacial score (nSPS) is 26.4. The molecule has 9 atom stereocenters. The van der Waals surface area contributed by atoms with Crippen LogP contribution in [0.5, 0.6) is 0 Å². The fraction of sp³-hybridized carbons (Fsp3) is 0.917. The average Bonchev–Trinajstić information content (AvgIpc) is 2.89. The predicted octanol–water partition coefficient (Wildman–Crippen LogP) is 0.113. The van der Waals surface area contributed by atoms with Crippen molar-refractivity contribution in [3.63, 3.8) is 0 Å². The first-order valence-electron chi connectivity index (χ1n) is 13.0. The van der Waals surface area contributed by atoms with E-state index in [1.807, 2.05) is 6.92 Å². The fourth-order valence-electron chi connectivity index (χ4n) is 4.39. The van der Waals surface area contributed by atoms with Gasteiger partial charge in [0, 0.05) is 55.0 Å². The van der Waals surface area contributed by atoms with Crippen LogP contribution >= 0.6 is 7.15 Å². The van der Waals surface area contributed by atoms with Crippen LogP contribution in [0.3, 0.4) is 0 Å². The van der Waals surface area contributed by atoms with Crippen LogP contribution in [0.15, 0.2) is 0 Å². The Kier molecular flexibility index (Phi) is 18.7. The number of methoxy groups -OCH3 is 3. The molecule has 4 N–H and O–H groups in total. The van der Waals surface area contributed by atoms with E-state index in [0.29, 0.717) is 25.9 Å². The second kappa shape index (κ2) is 20.2. The molecule has 0 bridgehead atoms. The maximum absolute atomic E-state index is 12.8. The molecule has 0 aliphatic carbocycles. The van der Waals surface area contributed by atoms with Gasteiger partial charge in [-0.2, -0.15) is 0 Å². The van der Waals surface area contributed by atoms with Crippen LogP contribution in [0.2, 0.25) is 0 Å². The zero-order valence-electron chi connectivity index (χ0n) is 23.8. The van der Waals surface area contributed by atoms with E-state index in [4.69, 9.17) is 44.5 Å². The summed E-state index contributed by atoms with van der Waals surface area (Å²) < 4.78 is 38.3. The van der Waals surface area contributed by atoms with E-state index >= 15 is 0 Å². The standard InChI is InChI=1S/C24H47N2O11PS/c1-15(13-31-3)11-17(19(32-4)14-36-38(39)34-6)26-20(29)9-7-8-10-35-24-21(25-16(2)28)23(33-5)22(30)18(12-27)37-24/h15,17-19,21-24,27,30,38H,7-14H2,1-6H3,(H,25,28)(H,26,29)/t15-,17?,18-,19+,21-,22+,23-,24-/m1/s1. The molecule has 13 nitrogen and oxygen atoms in total. The summed E-state index contributed by atoms with van der Waals surface area (Å²) in [5, 5.41) is 25.7. The number of carbonyl (C=O) groups is 2. The van der Waals surface area contributed by atoms with E-state index in [2.05, 4.69) is 10.6 Å². The number of nitrogens with one attached hydrogen (secondary N) is 2. The van der Waals surface area contributed by atoms with E-state index < -0.39 is 50.5 Å². The van der Waals surface area contributed by atoms with Gasteiger partial charge < -0.3 is 53.6 Å². The first-order chi connectivity index (χ1) is 18.6. The number of hydrogen-bond donors (Lipinski definition) is 4. The summed E-state index contributed by atoms with van der Waals surface area (Å²) >= 11 is 5.12. The average molecular weight is 603 g/mol. The van der Waals surface area contributed by atoms with Crippen LogP contribution in [-0.4, -0.2) is 120 Å². The van der Waals surface area contributed by atoms with Crippen LogP contribution in [0.25, 0.3) is 0 Å². The first-order valence-corrected chi connectivity index (χ1v) is 15.4. The van der Waals surface area contributed by atoms with E-state index in [9.17, 15) is 19.8 Å². The quantitative estimate of drug-likeness (QED) is 0.110. The van der Waals surface area contributed by atoms with Crippen molar-refractivity contribution in [3.05, 3.63) is 0 Å². The Bertz CT molecular complexity index is 738. The Balaban J connectivity index is 2.65. The van der Waals surface area contributed by atoms with Gasteiger partial charge in [-0.25, -0.2) is 0 Å². The van der Waals surface area contributed by atoms with Gasteiger partial charge in [0.2, 0.25) is 11.8 Å². The van der Waals surface area contributed by atoms with Crippen LogP contribution in [0.4, 0.5) is 0 Å². The Hall–Kier alpha value is -0.770. The van der Waals surface area contributed by atoms with Crippen LogP contribution in [0, 0.1) is 5.92 Å². The Morgan fingerprint density at radius 3 is 2.44 bits per heavy atom. The molecule has 2 unspecified atom stereocenters. The molecule has 1 saturated heterocycles. The predicted molar refractivity (Wildman–Crippen MR) is 147 cm³/mol. The SMILES string of the molecule is COC[C@H](C)CC(NC(=O)CCCCO[C@@H]1O[C@H](CO)[C@H](O)[C@H](OC)[C@H]1NC(C)=O)[C@H](CO[PH](=S)OC)OC. The molecule has 0 aromatic carbocycles. The number of hydrogen-bond acceptors (Lipinski definition) is 12. The smallest absolute Gasteiger partial charge is 0.220 e. The minimum atomic E-state index is -1.80. The second-order valence-electron chi connectivity index (χ2n) is 9.48. The number of aliphatic hydroxyl groups is 2. The molecular weight excluding hydrogens is 555 g/mol. The molecule has 1 heterocycles. The lowest BCUT2D eigenvalue weighted by atomic mass is 9.96. The molecule has 15 heteroatoms. The minimum absolute atomic E-state index is 0.143. The van der Waals surface area contributed by atoms with E-state index in [1.54, 1.807) is 14.2 Å². The summed E-state index contributed by atoms with van der Waals surface area (Å²) in [6, 6.07) is -1.08. The van der Waals surface area contributed by atoms with Crippen molar-refractivity contribution in [1.29, 1.82) is 0 Å². The number of unbranched alkanes of at least 4 members (excludes halogenated alkanes) is 1. The third-order valence-corrected chi connectivity index (χ3v) is 7.90. The highest BCUT2D eigenvalue weighted by molar-refractivity contribution is 8.00. The molecule has 230 valence electrons. The summed E-state index contributed by atoms with van der Waals surface area (Å²) in [5.74, 6) is -0.312. The van der Waals surface area contributed by atoms with Crippen molar-refractivity contribution in [1.82, 2.24) is 10.6 Å². The van der Waals surface area contributed by atoms with Gasteiger partial charge in [0.05, 0.1) is 19.3 Å². The topological polar surface area (TPSA) is 163 Å². The molecule has 1 fully saturated rings. The molecule has 0 radical (unpaired) electrons. The van der Waals surface area contributed by atoms with Gasteiger partial charge in [0.25, 0.3) is 0 Å². The van der Waals surface area contributed by atoms with Gasteiger partial charge >= 0.3 is 0 Å². The van der Waals surface area contributed by atoms with Crippen LogP contribution in [-0.2, 0) is 54.1 Å². The van der Waals surface area contributed by atoms with E-state index in [-0.39, 0.29) is 43.4 Å². The maximum atomic E-state index is 12.8. The molecule has 0 aromatic rings. The zero-order valence-corrected chi connectivity index (χ0v) is 25.6. The Morgan fingerprint density at radius 1 is 1.15 bits per heavy atom. The highest BCUT2D eigenvalue weighted by Gasteiger charge is 2.46. The number of carbonyl (C=O) groups excluding carboxylic acids is 2. The zero-order chi connectivity index (χ0) is 29.4. The molecule has 2 amide bonds. The van der Waals surface area contributed by atoms with E-state index in [0.717, 1.165) is 0 Å². The van der Waals surface area contributed by atoms with Crippen molar-refractivity contribution in [2.75, 3.05) is 54.9 Å². The number of amides is 2. The highest BCUT2D eigenvalue weighted by Crippen LogP contribution is 2.25. The maximum Gasteiger partial charge on any atom is 0.220 e. The number of ether oxygens (including phenoxy) is 5. The molecule has 1 aliphatic heterocycles. The van der Waals surface area contributed by atoms with Crippen molar-refractivity contribution in [2.45, 2.75) is 82.3 Å². The highest BCUT2D eigenvalue weighted by atomic mass is 32.4. The Morgan fingerprint density at radius 2 is 1.87 bits per heavy atom. The van der Waals surface area contributed by atoms with Gasteiger partial charge in [-0.15, -0.1) is 0 Å². The summed E-state index contributed by atoms with van der Waals surface area (Å²) in [6.45, 7) is 3.89. The summed E-state index contributed by atoms with van der Waals surface area (Å²) in [5.41, 5.74) is 0. The molecule has 0 saturated carbocycles. The number of rotatable bonds is 20. The van der Waals surface area contributed by atoms with Crippen molar-refractivity contribution in [2.24, 2.45) is 5.92 Å². The first kappa shape index (κ1) is 36.3. The lowest BCUT2D eigenvalue weighted by Gasteiger charge is -2.43. The summed E-state index contributed by atoms with van der Waals surface area (Å²) in [6.07, 6.45) is -2.31. The van der Waals surface area contributed by atoms with Crippen LogP contribution < -0.4 is 10.6 Å². The third-order valence-electron chi connectivity index (χ3n) is 6.31. The minimum Gasteiger partial charge on any atom is -0.394 e. The Labute approximate surface area is 237 Å². The van der Waals surface area contributed by atoms with Crippen molar-refractivity contribution in [3.8, 4) is 0 Å². The summed E-state index contributed by atoms with van der Waals surface area (Å²) in [7, 11) is 4.28. The van der Waals surface area contributed by atoms with Gasteiger partial charge in [-0.1, -0.05) is 6.92 Å². The molecule has 1 aliphatic rings. The lowest BCUT2D eigenvalue weighted by molar-refractivity contribution is -0.273. The third kappa shape index (κ3) is 13.2. The van der Waals surface area contributed by atoms with E-state index in [1.165, 1.54) is 21.1 Å². The molecule has 1 rings (SSSR count). The molecule has 0 spiro atoms. The molecular formula is C24H47N2O11PS. The summed E-state index contributed by atoms with van der Waals surface area (Å²) in [4.78, 5) is 24.5. The number of aliphatic hydroxyl groups excluding tert-OH is 2. The van der Waals surface area contributed by atoms with Gasteiger partial charge in [-0.05, 0) is 37.0 Å². The van der Waals surface area contributed by atoms with Crippen molar-refractivity contribution >= 4 is 30.8 Å². The molecule has 0 aromatic heterocycles. The van der Waals surface area contributed by atoms with Gasteiger partial charge in [-0.3, -0.25) is 9.59 Å². The van der Waals surface area contributed by atoms with Crippen LogP contribution in [0.1, 0.15) is 39.5 Å². The second-order valence-corrected chi connectivity index (χ2v) is 11.7. The molecule has 39 heavy (non-hydrogen) atoms. The fourth-order valence-corrected chi connectivity index (χ4v) is 5.02. The van der Waals surface area contributed by atoms with Crippen molar-refractivity contribution < 1.29 is 52.5 Å². The largest absolute Gasteiger partial charge is 0.394 e. The lowest BCUT2D eigenvalue weighted by Crippen LogP contribution is -2.65. The van der Waals surface area contributed by atoms with Gasteiger partial charge in [0.15, 0.2) is 13.4 Å². The monoisotopic (exact) mass is 602 g/mol.